The van der Waals surface area contributed by atoms with Crippen LogP contribution in [0.1, 0.15) is 32.1 Å². The molecule has 6 nitrogen and oxygen atoms in total. The summed E-state index contributed by atoms with van der Waals surface area (Å²) in [5.74, 6) is 1.02. The molecule has 1 aromatic heterocycles. The molecule has 3 rings (SSSR count). The first-order valence-electron chi connectivity index (χ1n) is 8.17. The molecule has 2 aromatic rings. The first-order valence-corrected chi connectivity index (χ1v) is 8.17. The number of anilines is 1. The number of carbonyl (C=O) groups is 1. The third-order valence-electron chi connectivity index (χ3n) is 4.13. The molecule has 1 aliphatic carbocycles. The van der Waals surface area contributed by atoms with Gasteiger partial charge in [-0.3, -0.25) is 4.79 Å². The van der Waals surface area contributed by atoms with Crippen molar-refractivity contribution in [2.75, 3.05) is 11.9 Å². The van der Waals surface area contributed by atoms with Crippen molar-refractivity contribution in [3.05, 3.63) is 36.9 Å². The molecular formula is C17H22N4O2. The Bertz CT molecular complexity index is 621. The Morgan fingerprint density at radius 1 is 1.30 bits per heavy atom. The molecule has 0 atom stereocenters. The minimum absolute atomic E-state index is 0.129. The van der Waals surface area contributed by atoms with Gasteiger partial charge >= 0.3 is 0 Å². The molecule has 1 heterocycles. The van der Waals surface area contributed by atoms with E-state index in [1.165, 1.54) is 12.7 Å². The van der Waals surface area contributed by atoms with Gasteiger partial charge in [0.15, 0.2) is 0 Å². The summed E-state index contributed by atoms with van der Waals surface area (Å²) >= 11 is 0. The van der Waals surface area contributed by atoms with Crippen LogP contribution in [0.2, 0.25) is 0 Å². The molecule has 0 aliphatic heterocycles. The second-order valence-electron chi connectivity index (χ2n) is 5.86. The minimum Gasteiger partial charge on any atom is -0.492 e. The lowest BCUT2D eigenvalue weighted by atomic mass is 9.88. The SMILES string of the molecule is O=C(Nc1cccc(OCCn2cncn2)c1)C1CCCCC1. The Hall–Kier alpha value is -2.37. The van der Waals surface area contributed by atoms with E-state index in [0.717, 1.165) is 37.1 Å². The molecule has 1 N–H and O–H groups in total. The van der Waals surface area contributed by atoms with Crippen molar-refractivity contribution in [3.63, 3.8) is 0 Å². The summed E-state index contributed by atoms with van der Waals surface area (Å²) in [5, 5.41) is 7.03. The summed E-state index contributed by atoms with van der Waals surface area (Å²) in [6.07, 6.45) is 8.72. The fraction of sp³-hybridized carbons (Fsp3) is 0.471. The summed E-state index contributed by atoms with van der Waals surface area (Å²) in [6, 6.07) is 7.53. The van der Waals surface area contributed by atoms with Crippen LogP contribution < -0.4 is 10.1 Å². The second-order valence-corrected chi connectivity index (χ2v) is 5.86. The largest absolute Gasteiger partial charge is 0.492 e. The van der Waals surface area contributed by atoms with Gasteiger partial charge in [-0.2, -0.15) is 5.10 Å². The van der Waals surface area contributed by atoms with E-state index in [1.807, 2.05) is 24.3 Å². The quantitative estimate of drug-likeness (QED) is 0.890. The normalized spacial score (nSPS) is 15.3. The molecule has 0 radical (unpaired) electrons. The van der Waals surface area contributed by atoms with Crippen molar-refractivity contribution in [3.8, 4) is 5.75 Å². The van der Waals surface area contributed by atoms with E-state index in [0.29, 0.717) is 13.2 Å². The average Bonchev–Trinajstić information content (AvgIpc) is 3.09. The topological polar surface area (TPSA) is 69.0 Å². The van der Waals surface area contributed by atoms with Crippen LogP contribution in [0.4, 0.5) is 5.69 Å². The van der Waals surface area contributed by atoms with Crippen molar-refractivity contribution in [2.24, 2.45) is 5.92 Å². The predicted molar refractivity (Wildman–Crippen MR) is 87.2 cm³/mol. The van der Waals surface area contributed by atoms with Crippen LogP contribution in [-0.2, 0) is 11.3 Å². The maximum Gasteiger partial charge on any atom is 0.227 e. The summed E-state index contributed by atoms with van der Waals surface area (Å²) in [7, 11) is 0. The van der Waals surface area contributed by atoms with Gasteiger partial charge in [0, 0.05) is 17.7 Å². The highest BCUT2D eigenvalue weighted by Crippen LogP contribution is 2.25. The highest BCUT2D eigenvalue weighted by molar-refractivity contribution is 5.92. The number of hydrogen-bond acceptors (Lipinski definition) is 4. The van der Waals surface area contributed by atoms with Crippen LogP contribution in [0.3, 0.4) is 0 Å². The zero-order valence-electron chi connectivity index (χ0n) is 13.1. The number of aromatic nitrogens is 3. The van der Waals surface area contributed by atoms with Crippen LogP contribution in [0.25, 0.3) is 0 Å². The summed E-state index contributed by atoms with van der Waals surface area (Å²) in [4.78, 5) is 16.2. The molecule has 0 unspecified atom stereocenters. The molecule has 1 fully saturated rings. The molecular weight excluding hydrogens is 292 g/mol. The van der Waals surface area contributed by atoms with Gasteiger partial charge in [0.2, 0.25) is 5.91 Å². The van der Waals surface area contributed by atoms with Gasteiger partial charge in [-0.1, -0.05) is 25.3 Å². The van der Waals surface area contributed by atoms with E-state index >= 15 is 0 Å². The van der Waals surface area contributed by atoms with E-state index < -0.39 is 0 Å². The number of hydrogen-bond donors (Lipinski definition) is 1. The van der Waals surface area contributed by atoms with Crippen molar-refractivity contribution >= 4 is 11.6 Å². The van der Waals surface area contributed by atoms with Gasteiger partial charge < -0.3 is 10.1 Å². The van der Waals surface area contributed by atoms with Crippen LogP contribution in [0.15, 0.2) is 36.9 Å². The average molecular weight is 314 g/mol. The van der Waals surface area contributed by atoms with E-state index in [9.17, 15) is 4.79 Å². The fourth-order valence-corrected chi connectivity index (χ4v) is 2.88. The van der Waals surface area contributed by atoms with Gasteiger partial charge in [-0.15, -0.1) is 0 Å². The van der Waals surface area contributed by atoms with Crippen molar-refractivity contribution in [2.45, 2.75) is 38.6 Å². The smallest absolute Gasteiger partial charge is 0.227 e. The Balaban J connectivity index is 1.51. The molecule has 1 amide bonds. The monoisotopic (exact) mass is 314 g/mol. The lowest BCUT2D eigenvalue weighted by Gasteiger charge is -2.20. The third-order valence-corrected chi connectivity index (χ3v) is 4.13. The number of carbonyl (C=O) groups excluding carboxylic acids is 1. The lowest BCUT2D eigenvalue weighted by Crippen LogP contribution is -2.24. The molecule has 0 saturated heterocycles. The van der Waals surface area contributed by atoms with Crippen LogP contribution in [0, 0.1) is 5.92 Å². The number of rotatable bonds is 6. The minimum atomic E-state index is 0.129. The molecule has 1 aliphatic rings. The summed E-state index contributed by atoms with van der Waals surface area (Å²) in [5.41, 5.74) is 0.791. The first-order chi connectivity index (χ1) is 11.3. The van der Waals surface area contributed by atoms with Crippen molar-refractivity contribution in [1.82, 2.24) is 14.8 Å². The van der Waals surface area contributed by atoms with Crippen LogP contribution in [0.5, 0.6) is 5.75 Å². The number of amides is 1. The standard InChI is InChI=1S/C17H22N4O2/c22-17(14-5-2-1-3-6-14)20-15-7-4-8-16(11-15)23-10-9-21-13-18-12-19-21/h4,7-8,11-14H,1-3,5-6,9-10H2,(H,20,22). The van der Waals surface area contributed by atoms with Crippen LogP contribution in [-0.4, -0.2) is 27.3 Å². The van der Waals surface area contributed by atoms with Gasteiger partial charge in [0.25, 0.3) is 0 Å². The zero-order chi connectivity index (χ0) is 15.9. The Kier molecular flexibility index (Phi) is 5.24. The third kappa shape index (κ3) is 4.55. The molecule has 6 heteroatoms. The molecule has 1 saturated carbocycles. The molecule has 1 aromatic carbocycles. The number of nitrogens with zero attached hydrogens (tertiary/aromatic N) is 3. The summed E-state index contributed by atoms with van der Waals surface area (Å²) in [6.45, 7) is 1.14. The Morgan fingerprint density at radius 2 is 2.17 bits per heavy atom. The van der Waals surface area contributed by atoms with E-state index in [1.54, 1.807) is 11.0 Å². The zero-order valence-corrected chi connectivity index (χ0v) is 13.1. The maximum atomic E-state index is 12.3. The van der Waals surface area contributed by atoms with Gasteiger partial charge in [0.1, 0.15) is 25.0 Å². The number of benzene rings is 1. The molecule has 0 spiro atoms. The highest BCUT2D eigenvalue weighted by atomic mass is 16.5. The number of nitrogens with one attached hydrogen (secondary N) is 1. The maximum absolute atomic E-state index is 12.3. The van der Waals surface area contributed by atoms with Crippen LogP contribution >= 0.6 is 0 Å². The first kappa shape index (κ1) is 15.5. The van der Waals surface area contributed by atoms with Gasteiger partial charge in [0.05, 0.1) is 6.54 Å². The molecule has 23 heavy (non-hydrogen) atoms. The van der Waals surface area contributed by atoms with Gasteiger partial charge in [-0.25, -0.2) is 9.67 Å². The van der Waals surface area contributed by atoms with Gasteiger partial charge in [-0.05, 0) is 25.0 Å². The fourth-order valence-electron chi connectivity index (χ4n) is 2.88. The predicted octanol–water partition coefficient (Wildman–Crippen LogP) is 2.88. The van der Waals surface area contributed by atoms with E-state index in [4.69, 9.17) is 4.74 Å². The molecule has 0 bridgehead atoms. The summed E-state index contributed by atoms with van der Waals surface area (Å²) < 4.78 is 7.42. The van der Waals surface area contributed by atoms with Crippen molar-refractivity contribution < 1.29 is 9.53 Å². The second kappa shape index (κ2) is 7.76. The number of ether oxygens (including phenoxy) is 1. The van der Waals surface area contributed by atoms with E-state index in [2.05, 4.69) is 15.4 Å². The van der Waals surface area contributed by atoms with Crippen molar-refractivity contribution in [1.29, 1.82) is 0 Å². The Morgan fingerprint density at radius 3 is 2.96 bits per heavy atom. The molecule has 122 valence electrons. The van der Waals surface area contributed by atoms with E-state index in [-0.39, 0.29) is 11.8 Å². The Labute approximate surface area is 135 Å². The lowest BCUT2D eigenvalue weighted by molar-refractivity contribution is -0.120. The highest BCUT2D eigenvalue weighted by Gasteiger charge is 2.21.